The SMILES string of the molecule is COc1ccc(NC(=O)C2(S(C)(=O)=O)CCNCC2)cc1Br.Cl. The molecular formula is C14H20BrClN2O4S. The molecule has 1 saturated heterocycles. The van der Waals surface area contributed by atoms with Crippen LogP contribution >= 0.6 is 28.3 Å². The molecule has 2 N–H and O–H groups in total. The minimum atomic E-state index is -3.52. The normalized spacial score (nSPS) is 17.0. The second kappa shape index (κ2) is 7.83. The summed E-state index contributed by atoms with van der Waals surface area (Å²) in [7, 11) is -1.97. The van der Waals surface area contributed by atoms with Crippen LogP contribution in [-0.2, 0) is 14.6 Å². The van der Waals surface area contributed by atoms with Crippen LogP contribution in [0.4, 0.5) is 5.69 Å². The minimum Gasteiger partial charge on any atom is -0.496 e. The van der Waals surface area contributed by atoms with E-state index < -0.39 is 20.5 Å². The van der Waals surface area contributed by atoms with Gasteiger partial charge in [-0.3, -0.25) is 4.79 Å². The highest BCUT2D eigenvalue weighted by molar-refractivity contribution is 9.10. The number of amides is 1. The lowest BCUT2D eigenvalue weighted by atomic mass is 9.95. The highest BCUT2D eigenvalue weighted by Crippen LogP contribution is 2.31. The third-order valence-corrected chi connectivity index (χ3v) is 6.58. The van der Waals surface area contributed by atoms with E-state index in [-0.39, 0.29) is 25.2 Å². The molecule has 1 aromatic rings. The average molecular weight is 428 g/mol. The molecule has 1 aromatic carbocycles. The van der Waals surface area contributed by atoms with Gasteiger partial charge in [-0.15, -0.1) is 12.4 Å². The molecule has 6 nitrogen and oxygen atoms in total. The number of halogens is 2. The Kier molecular flexibility index (Phi) is 6.88. The molecule has 0 aromatic heterocycles. The van der Waals surface area contributed by atoms with Crippen LogP contribution in [0.25, 0.3) is 0 Å². The number of piperidine rings is 1. The van der Waals surface area contributed by atoms with Gasteiger partial charge in [-0.2, -0.15) is 0 Å². The van der Waals surface area contributed by atoms with Gasteiger partial charge in [0.1, 0.15) is 5.75 Å². The van der Waals surface area contributed by atoms with Crippen molar-refractivity contribution >= 4 is 49.8 Å². The summed E-state index contributed by atoms with van der Waals surface area (Å²) >= 11 is 3.34. The molecule has 1 aliphatic heterocycles. The Morgan fingerprint density at radius 3 is 2.43 bits per heavy atom. The van der Waals surface area contributed by atoms with E-state index in [0.717, 1.165) is 6.26 Å². The largest absolute Gasteiger partial charge is 0.496 e. The Labute approximate surface area is 150 Å². The molecule has 0 atom stereocenters. The molecule has 1 amide bonds. The molecule has 2 rings (SSSR count). The van der Waals surface area contributed by atoms with Crippen molar-refractivity contribution in [1.29, 1.82) is 0 Å². The van der Waals surface area contributed by atoms with E-state index in [1.807, 2.05) is 0 Å². The van der Waals surface area contributed by atoms with Crippen molar-refractivity contribution in [2.75, 3.05) is 31.8 Å². The van der Waals surface area contributed by atoms with Crippen LogP contribution in [0.3, 0.4) is 0 Å². The fourth-order valence-electron chi connectivity index (χ4n) is 2.59. The van der Waals surface area contributed by atoms with Gasteiger partial charge in [0.05, 0.1) is 11.6 Å². The third kappa shape index (κ3) is 4.17. The van der Waals surface area contributed by atoms with E-state index in [2.05, 4.69) is 26.6 Å². The summed E-state index contributed by atoms with van der Waals surface area (Å²) in [5.74, 6) is 0.159. The van der Waals surface area contributed by atoms with Crippen LogP contribution in [0.15, 0.2) is 22.7 Å². The van der Waals surface area contributed by atoms with Gasteiger partial charge < -0.3 is 15.4 Å². The zero-order valence-corrected chi connectivity index (χ0v) is 16.1. The summed E-state index contributed by atoms with van der Waals surface area (Å²) < 4.78 is 28.8. The molecule has 0 bridgehead atoms. The number of carbonyl (C=O) groups excluding carboxylic acids is 1. The fourth-order valence-corrected chi connectivity index (χ4v) is 4.46. The summed E-state index contributed by atoms with van der Waals surface area (Å²) in [6.45, 7) is 1.01. The van der Waals surface area contributed by atoms with E-state index in [4.69, 9.17) is 4.74 Å². The van der Waals surface area contributed by atoms with Gasteiger partial charge in [-0.05, 0) is 60.1 Å². The Bertz CT molecular complexity index is 675. The van der Waals surface area contributed by atoms with Crippen molar-refractivity contribution in [2.24, 2.45) is 0 Å². The monoisotopic (exact) mass is 426 g/mol. The molecule has 130 valence electrons. The number of nitrogens with one attached hydrogen (secondary N) is 2. The molecule has 0 unspecified atom stereocenters. The van der Waals surface area contributed by atoms with Crippen molar-refractivity contribution in [2.45, 2.75) is 17.6 Å². The summed E-state index contributed by atoms with van der Waals surface area (Å²) in [4.78, 5) is 12.6. The summed E-state index contributed by atoms with van der Waals surface area (Å²) in [6, 6.07) is 5.07. The van der Waals surface area contributed by atoms with Gasteiger partial charge in [0.15, 0.2) is 14.6 Å². The first-order valence-electron chi connectivity index (χ1n) is 6.85. The van der Waals surface area contributed by atoms with Crippen LogP contribution in [0.2, 0.25) is 0 Å². The van der Waals surface area contributed by atoms with Crippen LogP contribution < -0.4 is 15.4 Å². The lowest BCUT2D eigenvalue weighted by Gasteiger charge is -2.34. The molecular weight excluding hydrogens is 408 g/mol. The highest BCUT2D eigenvalue weighted by atomic mass is 79.9. The smallest absolute Gasteiger partial charge is 0.245 e. The maximum Gasteiger partial charge on any atom is 0.245 e. The van der Waals surface area contributed by atoms with E-state index in [9.17, 15) is 13.2 Å². The quantitative estimate of drug-likeness (QED) is 0.767. The topological polar surface area (TPSA) is 84.5 Å². The standard InChI is InChI=1S/C14H19BrN2O4S.ClH/c1-21-12-4-3-10(9-11(12)15)17-13(18)14(22(2,19)20)5-7-16-8-6-14;/h3-4,9,16H,5-8H2,1-2H3,(H,17,18);1H. The lowest BCUT2D eigenvalue weighted by Crippen LogP contribution is -2.55. The maximum absolute atomic E-state index is 12.6. The number of sulfone groups is 1. The highest BCUT2D eigenvalue weighted by Gasteiger charge is 2.48. The number of anilines is 1. The van der Waals surface area contributed by atoms with Crippen LogP contribution in [0, 0.1) is 0 Å². The summed E-state index contributed by atoms with van der Waals surface area (Å²) in [6.07, 6.45) is 1.67. The van der Waals surface area contributed by atoms with Crippen LogP contribution in [-0.4, -0.2) is 45.5 Å². The zero-order chi connectivity index (χ0) is 16.4. The molecule has 1 fully saturated rings. The number of benzene rings is 1. The predicted molar refractivity (Wildman–Crippen MR) is 96.3 cm³/mol. The first-order chi connectivity index (χ1) is 10.3. The fraction of sp³-hybridized carbons (Fsp3) is 0.500. The first-order valence-corrected chi connectivity index (χ1v) is 9.54. The van der Waals surface area contributed by atoms with Crippen LogP contribution in [0.5, 0.6) is 5.75 Å². The Morgan fingerprint density at radius 2 is 1.96 bits per heavy atom. The second-order valence-corrected chi connectivity index (χ2v) is 8.50. The van der Waals surface area contributed by atoms with Gasteiger partial charge in [0.25, 0.3) is 0 Å². The summed E-state index contributed by atoms with van der Waals surface area (Å²) in [5.41, 5.74) is 0.527. The number of ether oxygens (including phenoxy) is 1. The van der Waals surface area contributed by atoms with Crippen molar-refractivity contribution < 1.29 is 17.9 Å². The Balaban J connectivity index is 0.00000264. The molecule has 23 heavy (non-hydrogen) atoms. The van der Waals surface area contributed by atoms with E-state index in [0.29, 0.717) is 29.0 Å². The second-order valence-electron chi connectivity index (χ2n) is 5.32. The first kappa shape index (κ1) is 20.2. The predicted octanol–water partition coefficient (Wildman–Crippen LogP) is 1.98. The number of rotatable bonds is 4. The van der Waals surface area contributed by atoms with Gasteiger partial charge in [0, 0.05) is 11.9 Å². The molecule has 9 heteroatoms. The van der Waals surface area contributed by atoms with E-state index >= 15 is 0 Å². The van der Waals surface area contributed by atoms with Gasteiger partial charge in [-0.25, -0.2) is 8.42 Å². The van der Waals surface area contributed by atoms with Crippen molar-refractivity contribution in [3.05, 3.63) is 22.7 Å². The Hall–Kier alpha value is -0.830. The minimum absolute atomic E-state index is 0. The molecule has 0 saturated carbocycles. The molecule has 0 aliphatic carbocycles. The molecule has 0 spiro atoms. The molecule has 1 heterocycles. The van der Waals surface area contributed by atoms with E-state index in [1.54, 1.807) is 25.3 Å². The zero-order valence-electron chi connectivity index (χ0n) is 12.9. The van der Waals surface area contributed by atoms with Crippen LogP contribution in [0.1, 0.15) is 12.8 Å². The van der Waals surface area contributed by atoms with Crippen molar-refractivity contribution in [1.82, 2.24) is 5.32 Å². The van der Waals surface area contributed by atoms with Crippen molar-refractivity contribution in [3.63, 3.8) is 0 Å². The lowest BCUT2D eigenvalue weighted by molar-refractivity contribution is -0.119. The average Bonchev–Trinajstić information content (AvgIpc) is 2.47. The van der Waals surface area contributed by atoms with Gasteiger partial charge in [-0.1, -0.05) is 0 Å². The summed E-state index contributed by atoms with van der Waals surface area (Å²) in [5, 5.41) is 5.81. The van der Waals surface area contributed by atoms with Crippen molar-refractivity contribution in [3.8, 4) is 5.75 Å². The maximum atomic E-state index is 12.6. The molecule has 1 aliphatic rings. The number of carbonyl (C=O) groups is 1. The third-order valence-electron chi connectivity index (χ3n) is 3.94. The molecule has 0 radical (unpaired) electrons. The Morgan fingerprint density at radius 1 is 1.35 bits per heavy atom. The van der Waals surface area contributed by atoms with Gasteiger partial charge >= 0.3 is 0 Å². The van der Waals surface area contributed by atoms with E-state index in [1.165, 1.54) is 0 Å². The number of methoxy groups -OCH3 is 1. The number of hydrogen-bond donors (Lipinski definition) is 2. The van der Waals surface area contributed by atoms with Gasteiger partial charge in [0.2, 0.25) is 5.91 Å². The number of hydrogen-bond acceptors (Lipinski definition) is 5.